The molecule has 27 heavy (non-hydrogen) atoms. The summed E-state index contributed by atoms with van der Waals surface area (Å²) in [5, 5.41) is 6.17. The molecule has 2 amide bonds. The summed E-state index contributed by atoms with van der Waals surface area (Å²) in [6, 6.07) is 7.82. The largest absolute Gasteiger partial charge is 0.370 e. The molecule has 7 nitrogen and oxygen atoms in total. The number of carbonyl (C=O) groups is 2. The van der Waals surface area contributed by atoms with Gasteiger partial charge in [-0.1, -0.05) is 23.2 Å². The van der Waals surface area contributed by atoms with Crippen LogP contribution in [0.25, 0.3) is 0 Å². The highest BCUT2D eigenvalue weighted by Gasteiger charge is 2.20. The SMILES string of the molecule is CN1CCN=C1[B]C(=O)Nc1ccc(Cl)cc1C(=O)Nc1ccc(Cl)cn1. The molecule has 1 aliphatic heterocycles. The molecule has 0 atom stereocenters. The summed E-state index contributed by atoms with van der Waals surface area (Å²) in [6.45, 7) is 1.42. The van der Waals surface area contributed by atoms with Crippen LogP contribution >= 0.6 is 23.2 Å². The number of likely N-dealkylation sites (N-methyl/N-ethyl adjacent to an activating group) is 1. The van der Waals surface area contributed by atoms with Crippen molar-refractivity contribution in [3.05, 3.63) is 52.1 Å². The fourth-order valence-corrected chi connectivity index (χ4v) is 2.72. The summed E-state index contributed by atoms with van der Waals surface area (Å²) >= 11 is 11.8. The quantitative estimate of drug-likeness (QED) is 0.752. The van der Waals surface area contributed by atoms with Crippen molar-refractivity contribution < 1.29 is 9.59 Å². The van der Waals surface area contributed by atoms with Gasteiger partial charge in [-0.15, -0.1) is 0 Å². The number of rotatable bonds is 5. The minimum absolute atomic E-state index is 0.211. The number of amides is 2. The van der Waals surface area contributed by atoms with Crippen LogP contribution in [0.15, 0.2) is 41.5 Å². The molecule has 0 saturated heterocycles. The van der Waals surface area contributed by atoms with Crippen LogP contribution < -0.4 is 10.6 Å². The first-order chi connectivity index (χ1) is 12.9. The number of halogens is 2. The molecule has 0 spiro atoms. The molecule has 0 unspecified atom stereocenters. The van der Waals surface area contributed by atoms with Crippen LogP contribution in [0.4, 0.5) is 16.3 Å². The van der Waals surface area contributed by atoms with Gasteiger partial charge in [0.2, 0.25) is 0 Å². The highest BCUT2D eigenvalue weighted by atomic mass is 35.5. The maximum absolute atomic E-state index is 12.6. The topological polar surface area (TPSA) is 86.7 Å². The van der Waals surface area contributed by atoms with Gasteiger partial charge in [-0.25, -0.2) is 4.98 Å². The highest BCUT2D eigenvalue weighted by Crippen LogP contribution is 2.22. The van der Waals surface area contributed by atoms with E-state index in [0.717, 1.165) is 6.54 Å². The second-order valence-electron chi connectivity index (χ2n) is 5.80. The molecule has 2 aromatic rings. The number of nitrogens with zero attached hydrogens (tertiary/aromatic N) is 3. The lowest BCUT2D eigenvalue weighted by Crippen LogP contribution is -2.34. The molecule has 1 aliphatic rings. The molecule has 0 aliphatic carbocycles. The van der Waals surface area contributed by atoms with Crippen molar-refractivity contribution in [3.63, 3.8) is 0 Å². The van der Waals surface area contributed by atoms with Crippen LogP contribution in [-0.2, 0) is 0 Å². The normalized spacial score (nSPS) is 13.1. The maximum Gasteiger partial charge on any atom is 0.319 e. The fraction of sp³-hybridized carbons (Fsp3) is 0.176. The lowest BCUT2D eigenvalue weighted by molar-refractivity contribution is 0.102. The van der Waals surface area contributed by atoms with Gasteiger partial charge in [0, 0.05) is 24.8 Å². The van der Waals surface area contributed by atoms with E-state index in [4.69, 9.17) is 23.2 Å². The fourth-order valence-electron chi connectivity index (χ4n) is 2.44. The minimum Gasteiger partial charge on any atom is -0.370 e. The maximum atomic E-state index is 12.6. The van der Waals surface area contributed by atoms with Gasteiger partial charge in [0.1, 0.15) is 5.82 Å². The van der Waals surface area contributed by atoms with Gasteiger partial charge >= 0.3 is 7.28 Å². The van der Waals surface area contributed by atoms with Crippen molar-refractivity contribution >= 4 is 59.4 Å². The van der Waals surface area contributed by atoms with Gasteiger partial charge in [-0.3, -0.25) is 14.6 Å². The Balaban J connectivity index is 1.75. The van der Waals surface area contributed by atoms with Crippen LogP contribution in [0.3, 0.4) is 0 Å². The van der Waals surface area contributed by atoms with Crippen LogP contribution in [0, 0.1) is 0 Å². The highest BCUT2D eigenvalue weighted by molar-refractivity contribution is 6.98. The number of benzene rings is 1. The van der Waals surface area contributed by atoms with E-state index >= 15 is 0 Å². The smallest absolute Gasteiger partial charge is 0.319 e. The van der Waals surface area contributed by atoms with Crippen LogP contribution in [-0.4, -0.2) is 54.7 Å². The number of carbonyl (C=O) groups excluding carboxylic acids is 2. The van der Waals surface area contributed by atoms with E-state index in [1.165, 1.54) is 19.5 Å². The molecular formula is C17H15BCl2N5O2. The summed E-state index contributed by atoms with van der Waals surface area (Å²) < 4.78 is 0. The van der Waals surface area contributed by atoms with E-state index in [1.54, 1.807) is 24.3 Å². The van der Waals surface area contributed by atoms with Gasteiger partial charge in [-0.2, -0.15) is 0 Å². The van der Waals surface area contributed by atoms with E-state index in [1.807, 2.05) is 11.9 Å². The summed E-state index contributed by atoms with van der Waals surface area (Å²) in [5.41, 5.74) is 1.13. The number of anilines is 2. The van der Waals surface area contributed by atoms with E-state index in [2.05, 4.69) is 20.6 Å². The van der Waals surface area contributed by atoms with Crippen LogP contribution in [0.5, 0.6) is 0 Å². The third-order valence-corrected chi connectivity index (χ3v) is 4.27. The zero-order chi connectivity index (χ0) is 19.4. The third kappa shape index (κ3) is 4.99. The Bertz CT molecular complexity index is 905. The Morgan fingerprint density at radius 1 is 1.15 bits per heavy atom. The van der Waals surface area contributed by atoms with E-state index < -0.39 is 5.91 Å². The van der Waals surface area contributed by atoms with Crippen molar-refractivity contribution in [2.75, 3.05) is 30.8 Å². The Morgan fingerprint density at radius 3 is 2.59 bits per heavy atom. The number of hydrogen-bond donors (Lipinski definition) is 2. The molecule has 0 saturated carbocycles. The van der Waals surface area contributed by atoms with Crippen molar-refractivity contribution in [1.29, 1.82) is 0 Å². The molecule has 2 heterocycles. The molecule has 2 N–H and O–H groups in total. The molecule has 1 aromatic carbocycles. The second-order valence-corrected chi connectivity index (χ2v) is 6.67. The summed E-state index contributed by atoms with van der Waals surface area (Å²) in [7, 11) is 3.25. The Morgan fingerprint density at radius 2 is 1.93 bits per heavy atom. The average Bonchev–Trinajstić information content (AvgIpc) is 3.03. The van der Waals surface area contributed by atoms with Crippen molar-refractivity contribution in [3.8, 4) is 0 Å². The Hall–Kier alpha value is -2.58. The predicted molar refractivity (Wildman–Crippen MR) is 108 cm³/mol. The van der Waals surface area contributed by atoms with Gasteiger partial charge in [0.15, 0.2) is 5.81 Å². The van der Waals surface area contributed by atoms with Crippen molar-refractivity contribution in [2.45, 2.75) is 0 Å². The summed E-state index contributed by atoms with van der Waals surface area (Å²) in [4.78, 5) is 35.1. The number of nitrogens with one attached hydrogen (secondary N) is 2. The van der Waals surface area contributed by atoms with Crippen LogP contribution in [0.2, 0.25) is 10.0 Å². The molecular weight excluding hydrogens is 388 g/mol. The number of aromatic nitrogens is 1. The number of amidine groups is 1. The third-order valence-electron chi connectivity index (χ3n) is 3.81. The number of pyridine rings is 1. The lowest BCUT2D eigenvalue weighted by Gasteiger charge is -2.14. The standard InChI is InChI=1S/C17H15BCl2N5O2/c1-25-7-6-21-16(25)18-17(27)23-13-4-2-10(19)8-12(13)15(26)24-14-5-3-11(20)9-22-14/h2-5,8-9H,6-7H2,1H3,(H,23,27)(H,22,24,26). The predicted octanol–water partition coefficient (Wildman–Crippen LogP) is 3.18. The van der Waals surface area contributed by atoms with E-state index in [-0.39, 0.29) is 11.4 Å². The zero-order valence-corrected chi connectivity index (χ0v) is 15.9. The van der Waals surface area contributed by atoms with Crippen molar-refractivity contribution in [2.24, 2.45) is 4.99 Å². The monoisotopic (exact) mass is 402 g/mol. The molecule has 1 radical (unpaired) electrons. The molecule has 10 heteroatoms. The molecule has 3 rings (SSSR count). The molecule has 0 bridgehead atoms. The minimum atomic E-state index is -0.460. The molecule has 0 fully saturated rings. The summed E-state index contributed by atoms with van der Waals surface area (Å²) in [5.74, 6) is -0.517. The van der Waals surface area contributed by atoms with E-state index in [0.29, 0.717) is 33.8 Å². The molecule has 1 aromatic heterocycles. The Labute approximate surface area is 167 Å². The lowest BCUT2D eigenvalue weighted by atomic mass is 9.75. The average molecular weight is 403 g/mol. The Kier molecular flexibility index (Phi) is 5.98. The molecule has 137 valence electrons. The second kappa shape index (κ2) is 8.41. The van der Waals surface area contributed by atoms with Gasteiger partial charge < -0.3 is 15.5 Å². The first kappa shape index (κ1) is 19.2. The number of aliphatic imine (C=N–C) groups is 1. The van der Waals surface area contributed by atoms with E-state index in [9.17, 15) is 9.59 Å². The van der Waals surface area contributed by atoms with Crippen molar-refractivity contribution in [1.82, 2.24) is 9.88 Å². The zero-order valence-electron chi connectivity index (χ0n) is 14.4. The first-order valence-electron chi connectivity index (χ1n) is 8.06. The first-order valence-corrected chi connectivity index (χ1v) is 8.82. The number of hydrogen-bond acceptors (Lipinski definition) is 5. The summed E-state index contributed by atoms with van der Waals surface area (Å²) in [6.07, 6.45) is 1.42. The van der Waals surface area contributed by atoms with Crippen LogP contribution in [0.1, 0.15) is 10.4 Å². The van der Waals surface area contributed by atoms with Gasteiger partial charge in [0.25, 0.3) is 5.91 Å². The van der Waals surface area contributed by atoms with Gasteiger partial charge in [-0.05, 0) is 30.3 Å². The van der Waals surface area contributed by atoms with Gasteiger partial charge in [0.05, 0.1) is 28.6 Å².